The molecule has 17 heavy (non-hydrogen) atoms. The zero-order valence-corrected chi connectivity index (χ0v) is 11.4. The summed E-state index contributed by atoms with van der Waals surface area (Å²) in [6.45, 7) is 5.12. The maximum atomic E-state index is 5.66. The molecule has 0 amide bonds. The predicted octanol–water partition coefficient (Wildman–Crippen LogP) is 2.35. The Bertz CT molecular complexity index is 230. The van der Waals surface area contributed by atoms with Crippen LogP contribution in [0, 0.1) is 5.92 Å². The van der Waals surface area contributed by atoms with Gasteiger partial charge >= 0.3 is 0 Å². The highest BCUT2D eigenvalue weighted by Gasteiger charge is 2.43. The molecule has 0 aromatic rings. The highest BCUT2D eigenvalue weighted by atomic mass is 16.5. The number of methoxy groups -OCH3 is 1. The van der Waals surface area contributed by atoms with E-state index in [4.69, 9.17) is 9.47 Å². The molecule has 0 bridgehead atoms. The second kappa shape index (κ2) is 6.17. The summed E-state index contributed by atoms with van der Waals surface area (Å²) in [4.78, 5) is 0. The first-order valence-electron chi connectivity index (χ1n) is 7.18. The van der Waals surface area contributed by atoms with Crippen LogP contribution >= 0.6 is 0 Å². The van der Waals surface area contributed by atoms with Gasteiger partial charge in [0.05, 0.1) is 12.2 Å². The summed E-state index contributed by atoms with van der Waals surface area (Å²) in [5.41, 5.74) is 0. The zero-order valence-electron chi connectivity index (χ0n) is 11.4. The monoisotopic (exact) mass is 241 g/mol. The minimum absolute atomic E-state index is 0.253. The van der Waals surface area contributed by atoms with Crippen molar-refractivity contribution in [2.75, 3.05) is 13.7 Å². The van der Waals surface area contributed by atoms with Crippen LogP contribution in [-0.2, 0) is 9.47 Å². The van der Waals surface area contributed by atoms with Gasteiger partial charge in [0.2, 0.25) is 0 Å². The van der Waals surface area contributed by atoms with Crippen LogP contribution < -0.4 is 5.32 Å². The molecule has 2 aliphatic rings. The molecule has 0 aliphatic heterocycles. The van der Waals surface area contributed by atoms with Crippen molar-refractivity contribution in [2.24, 2.45) is 5.92 Å². The van der Waals surface area contributed by atoms with Gasteiger partial charge in [0.25, 0.3) is 0 Å². The molecular formula is C14H27NO2. The van der Waals surface area contributed by atoms with Crippen LogP contribution in [0.25, 0.3) is 0 Å². The average Bonchev–Trinajstić information content (AvgIpc) is 3.10. The van der Waals surface area contributed by atoms with Crippen molar-refractivity contribution in [1.29, 1.82) is 0 Å². The van der Waals surface area contributed by atoms with Gasteiger partial charge in [0, 0.05) is 25.8 Å². The van der Waals surface area contributed by atoms with Gasteiger partial charge in [-0.05, 0) is 32.1 Å². The third-order valence-electron chi connectivity index (χ3n) is 4.16. The van der Waals surface area contributed by atoms with E-state index in [0.717, 1.165) is 18.9 Å². The van der Waals surface area contributed by atoms with Gasteiger partial charge in [-0.25, -0.2) is 0 Å². The Morgan fingerprint density at radius 1 is 1.29 bits per heavy atom. The molecular weight excluding hydrogens is 214 g/mol. The summed E-state index contributed by atoms with van der Waals surface area (Å²) in [5, 5.41) is 3.76. The quantitative estimate of drug-likeness (QED) is 0.707. The van der Waals surface area contributed by atoms with Crippen molar-refractivity contribution in [3.63, 3.8) is 0 Å². The van der Waals surface area contributed by atoms with Gasteiger partial charge < -0.3 is 14.8 Å². The van der Waals surface area contributed by atoms with Crippen molar-refractivity contribution >= 4 is 0 Å². The van der Waals surface area contributed by atoms with Gasteiger partial charge in [-0.15, -0.1) is 0 Å². The lowest BCUT2D eigenvalue weighted by molar-refractivity contribution is -0.133. The van der Waals surface area contributed by atoms with Crippen LogP contribution in [0.4, 0.5) is 0 Å². The van der Waals surface area contributed by atoms with E-state index in [2.05, 4.69) is 19.2 Å². The van der Waals surface area contributed by atoms with Crippen LogP contribution in [-0.4, -0.2) is 38.0 Å². The van der Waals surface area contributed by atoms with Gasteiger partial charge in [-0.3, -0.25) is 0 Å². The molecule has 3 heteroatoms. The largest absolute Gasteiger partial charge is 0.377 e. The van der Waals surface area contributed by atoms with Gasteiger partial charge in [-0.1, -0.05) is 19.8 Å². The van der Waals surface area contributed by atoms with Crippen molar-refractivity contribution in [2.45, 2.75) is 70.2 Å². The van der Waals surface area contributed by atoms with Crippen molar-refractivity contribution in [3.8, 4) is 0 Å². The molecule has 2 saturated carbocycles. The second-order valence-electron chi connectivity index (χ2n) is 5.49. The minimum Gasteiger partial charge on any atom is -0.377 e. The van der Waals surface area contributed by atoms with Crippen LogP contribution in [0.15, 0.2) is 0 Å². The predicted molar refractivity (Wildman–Crippen MR) is 69.2 cm³/mol. The summed E-state index contributed by atoms with van der Waals surface area (Å²) in [5.74, 6) is 0.996. The molecule has 2 rings (SSSR count). The fourth-order valence-corrected chi connectivity index (χ4v) is 2.85. The van der Waals surface area contributed by atoms with E-state index in [-0.39, 0.29) is 6.10 Å². The Balaban J connectivity index is 1.73. The van der Waals surface area contributed by atoms with E-state index in [1.165, 1.54) is 25.7 Å². The van der Waals surface area contributed by atoms with Crippen LogP contribution in [0.2, 0.25) is 0 Å². The lowest BCUT2D eigenvalue weighted by atomic mass is 9.84. The van der Waals surface area contributed by atoms with E-state index >= 15 is 0 Å². The van der Waals surface area contributed by atoms with Crippen LogP contribution in [0.1, 0.15) is 46.0 Å². The number of nitrogens with one attached hydrogen (secondary N) is 1. The Morgan fingerprint density at radius 3 is 2.59 bits per heavy atom. The Labute approximate surface area is 105 Å². The summed E-state index contributed by atoms with van der Waals surface area (Å²) in [7, 11) is 1.80. The summed E-state index contributed by atoms with van der Waals surface area (Å²) >= 11 is 0. The lowest BCUT2D eigenvalue weighted by Crippen LogP contribution is -2.61. The zero-order chi connectivity index (χ0) is 12.3. The first-order chi connectivity index (χ1) is 8.28. The van der Waals surface area contributed by atoms with Gasteiger partial charge in [-0.2, -0.15) is 0 Å². The standard InChI is InChI=1S/C14H27NO2/c1-4-11(8-10-6-7-10)15-12-9-13(17-5-2)14(12)16-3/h10-15H,4-9H2,1-3H3. The normalized spacial score (nSPS) is 34.4. The Morgan fingerprint density at radius 2 is 2.06 bits per heavy atom. The number of hydrogen-bond acceptors (Lipinski definition) is 3. The Hall–Kier alpha value is -0.120. The highest BCUT2D eigenvalue weighted by molar-refractivity contribution is 4.98. The third kappa shape index (κ3) is 3.43. The van der Waals surface area contributed by atoms with Crippen LogP contribution in [0.5, 0.6) is 0 Å². The summed E-state index contributed by atoms with van der Waals surface area (Å²) in [6, 6.07) is 1.17. The molecule has 0 aromatic heterocycles. The maximum absolute atomic E-state index is 5.66. The molecule has 2 aliphatic carbocycles. The molecule has 0 heterocycles. The molecule has 4 unspecified atom stereocenters. The van der Waals surface area contributed by atoms with E-state index in [1.807, 2.05) is 0 Å². The van der Waals surface area contributed by atoms with Crippen LogP contribution in [0.3, 0.4) is 0 Å². The lowest BCUT2D eigenvalue weighted by Gasteiger charge is -2.45. The topological polar surface area (TPSA) is 30.5 Å². The molecule has 100 valence electrons. The van der Waals surface area contributed by atoms with E-state index in [9.17, 15) is 0 Å². The molecule has 3 nitrogen and oxygen atoms in total. The highest BCUT2D eigenvalue weighted by Crippen LogP contribution is 2.35. The first kappa shape index (κ1) is 13.3. The molecule has 0 saturated heterocycles. The number of hydrogen-bond donors (Lipinski definition) is 1. The molecule has 0 radical (unpaired) electrons. The second-order valence-corrected chi connectivity index (χ2v) is 5.49. The van der Waals surface area contributed by atoms with Crippen molar-refractivity contribution in [1.82, 2.24) is 5.32 Å². The van der Waals surface area contributed by atoms with Crippen molar-refractivity contribution in [3.05, 3.63) is 0 Å². The van der Waals surface area contributed by atoms with Gasteiger partial charge in [0.15, 0.2) is 0 Å². The molecule has 1 N–H and O–H groups in total. The SMILES string of the molecule is CCOC1CC(NC(CC)CC2CC2)C1OC. The molecule has 0 spiro atoms. The smallest absolute Gasteiger partial charge is 0.0986 e. The number of ether oxygens (including phenoxy) is 2. The first-order valence-corrected chi connectivity index (χ1v) is 7.18. The average molecular weight is 241 g/mol. The Kier molecular flexibility index (Phi) is 4.83. The number of rotatable bonds is 8. The summed E-state index contributed by atoms with van der Waals surface area (Å²) < 4.78 is 11.2. The van der Waals surface area contributed by atoms with Crippen molar-refractivity contribution < 1.29 is 9.47 Å². The fraction of sp³-hybridized carbons (Fsp3) is 1.00. The summed E-state index contributed by atoms with van der Waals surface area (Å²) in [6.07, 6.45) is 7.12. The van der Waals surface area contributed by atoms with E-state index in [0.29, 0.717) is 18.2 Å². The molecule has 2 fully saturated rings. The minimum atomic E-state index is 0.253. The van der Waals surface area contributed by atoms with E-state index in [1.54, 1.807) is 7.11 Å². The van der Waals surface area contributed by atoms with Gasteiger partial charge in [0.1, 0.15) is 0 Å². The third-order valence-corrected chi connectivity index (χ3v) is 4.16. The van der Waals surface area contributed by atoms with E-state index < -0.39 is 0 Å². The molecule has 0 aromatic carbocycles. The molecule has 4 atom stereocenters. The maximum Gasteiger partial charge on any atom is 0.0986 e. The fourth-order valence-electron chi connectivity index (χ4n) is 2.85.